The van der Waals surface area contributed by atoms with Gasteiger partial charge in [0.1, 0.15) is 30.5 Å². The van der Waals surface area contributed by atoms with Crippen molar-refractivity contribution in [3.05, 3.63) is 95.8 Å². The molecule has 4 aromatic carbocycles. The molecule has 276 valence electrons. The minimum absolute atomic E-state index is 0.229. The molecule has 0 fully saturated rings. The maximum Gasteiger partial charge on any atom is 0.306 e. The minimum atomic E-state index is -0.278. The monoisotopic (exact) mass is 712 g/mol. The Morgan fingerprint density at radius 1 is 0.635 bits per heavy atom. The first-order valence-electron chi connectivity index (χ1n) is 18.4. The van der Waals surface area contributed by atoms with Crippen molar-refractivity contribution in [3.63, 3.8) is 0 Å². The van der Waals surface area contributed by atoms with Crippen molar-refractivity contribution in [2.24, 2.45) is 0 Å². The van der Waals surface area contributed by atoms with Crippen molar-refractivity contribution in [3.8, 4) is 45.3 Å². The molecule has 5 rings (SSSR count). The van der Waals surface area contributed by atoms with Gasteiger partial charge in [0, 0.05) is 12.8 Å². The van der Waals surface area contributed by atoms with Crippen LogP contribution in [0.4, 0.5) is 4.39 Å². The van der Waals surface area contributed by atoms with Gasteiger partial charge in [0.25, 0.3) is 0 Å². The Hall–Kier alpha value is -5.05. The second-order valence-corrected chi connectivity index (χ2v) is 12.6. The van der Waals surface area contributed by atoms with Crippen LogP contribution in [0.15, 0.2) is 78.9 Å². The van der Waals surface area contributed by atoms with Gasteiger partial charge in [0.2, 0.25) is 0 Å². The van der Waals surface area contributed by atoms with Gasteiger partial charge in [-0.1, -0.05) is 43.2 Å². The van der Waals surface area contributed by atoms with E-state index in [9.17, 15) is 14.0 Å². The van der Waals surface area contributed by atoms with E-state index in [1.807, 2.05) is 42.5 Å². The molecule has 1 heterocycles. The van der Waals surface area contributed by atoms with Crippen LogP contribution < -0.4 is 18.9 Å². The number of carbonyl (C=O) groups excluding carboxylic acids is 2. The number of rotatable bonds is 20. The predicted molar refractivity (Wildman–Crippen MR) is 199 cm³/mol. The summed E-state index contributed by atoms with van der Waals surface area (Å²) in [6, 6.07) is 24.5. The van der Waals surface area contributed by atoms with E-state index in [4.69, 9.17) is 28.4 Å². The zero-order valence-electron chi connectivity index (χ0n) is 30.3. The molecule has 0 radical (unpaired) electrons. The highest BCUT2D eigenvalue weighted by atomic mass is 19.1. The number of benzene rings is 4. The molecule has 0 spiro atoms. The zero-order valence-corrected chi connectivity index (χ0v) is 30.3. The molecular formula is C43H49FO8. The molecule has 1 aliphatic rings. The van der Waals surface area contributed by atoms with Gasteiger partial charge in [0.15, 0.2) is 11.5 Å². The van der Waals surface area contributed by atoms with Crippen LogP contribution >= 0.6 is 0 Å². The summed E-state index contributed by atoms with van der Waals surface area (Å²) in [5.41, 5.74) is 5.96. The number of ether oxygens (including phenoxy) is 6. The largest absolute Gasteiger partial charge is 0.494 e. The number of fused-ring (bicyclic) bond motifs is 1. The molecule has 0 saturated carbocycles. The highest BCUT2D eigenvalue weighted by Crippen LogP contribution is 2.37. The van der Waals surface area contributed by atoms with Gasteiger partial charge in [-0.15, -0.1) is 0 Å². The standard InChI is InChI=1S/C43H49FO8/c1-3-47-42(45)14-10-24-50-39-13-9-12-32(38(39)20-22-43(46)48-4-2)11-7-5-6-8-23-49-37-28-34(31-15-18-36(44)19-16-31)27-35(29-37)33-17-21-40-41(30-33)52-26-25-51-40/h9,12-13,15-19,21,27-30H,3-8,10-11,14,20,22-26H2,1-2H3. The minimum Gasteiger partial charge on any atom is -0.494 e. The molecule has 0 aromatic heterocycles. The number of aryl methyl sites for hydroxylation is 1. The van der Waals surface area contributed by atoms with E-state index in [-0.39, 0.29) is 24.2 Å². The number of unbranched alkanes of at least 4 members (excludes halogenated alkanes) is 3. The van der Waals surface area contributed by atoms with Crippen molar-refractivity contribution >= 4 is 11.9 Å². The zero-order chi connectivity index (χ0) is 36.5. The Morgan fingerprint density at radius 2 is 1.31 bits per heavy atom. The average molecular weight is 713 g/mol. The molecule has 9 heteroatoms. The van der Waals surface area contributed by atoms with Crippen LogP contribution in [0.5, 0.6) is 23.0 Å². The fourth-order valence-electron chi connectivity index (χ4n) is 6.20. The number of carbonyl (C=O) groups is 2. The number of hydrogen-bond acceptors (Lipinski definition) is 8. The molecule has 4 aromatic rings. The smallest absolute Gasteiger partial charge is 0.306 e. The van der Waals surface area contributed by atoms with Crippen LogP contribution in [0.25, 0.3) is 22.3 Å². The van der Waals surface area contributed by atoms with E-state index in [1.54, 1.807) is 26.0 Å². The van der Waals surface area contributed by atoms with Crippen LogP contribution in [-0.2, 0) is 31.9 Å². The van der Waals surface area contributed by atoms with E-state index >= 15 is 0 Å². The quantitative estimate of drug-likeness (QED) is 0.0662. The molecule has 0 bridgehead atoms. The molecule has 0 aliphatic carbocycles. The topological polar surface area (TPSA) is 89.5 Å². The fraction of sp³-hybridized carbons (Fsp3) is 0.395. The lowest BCUT2D eigenvalue weighted by molar-refractivity contribution is -0.144. The second-order valence-electron chi connectivity index (χ2n) is 12.6. The summed E-state index contributed by atoms with van der Waals surface area (Å²) in [5.74, 6) is 2.21. The Kier molecular flexibility index (Phi) is 14.8. The first kappa shape index (κ1) is 38.2. The SMILES string of the molecule is CCOC(=O)CCCOc1cccc(CCCCCCOc2cc(-c3ccc(F)cc3)cc(-c3ccc4c(c3)OCCO4)c2)c1CCC(=O)OCC. The normalized spacial score (nSPS) is 11.9. The van der Waals surface area contributed by atoms with Gasteiger partial charge in [-0.25, -0.2) is 4.39 Å². The van der Waals surface area contributed by atoms with Gasteiger partial charge >= 0.3 is 11.9 Å². The summed E-state index contributed by atoms with van der Waals surface area (Å²) in [6.45, 7) is 6.31. The lowest BCUT2D eigenvalue weighted by Crippen LogP contribution is -2.15. The fourth-order valence-corrected chi connectivity index (χ4v) is 6.20. The molecule has 1 aliphatic heterocycles. The highest BCUT2D eigenvalue weighted by molar-refractivity contribution is 5.76. The summed E-state index contributed by atoms with van der Waals surface area (Å²) < 4.78 is 47.8. The van der Waals surface area contributed by atoms with Crippen molar-refractivity contribution in [1.82, 2.24) is 0 Å². The Labute approximate surface area is 306 Å². The lowest BCUT2D eigenvalue weighted by atomic mass is 9.96. The molecule has 0 atom stereocenters. The predicted octanol–water partition coefficient (Wildman–Crippen LogP) is 9.33. The molecule has 52 heavy (non-hydrogen) atoms. The Bertz CT molecular complexity index is 1750. The van der Waals surface area contributed by atoms with Gasteiger partial charge in [-0.2, -0.15) is 0 Å². The average Bonchev–Trinajstić information content (AvgIpc) is 3.16. The molecule has 0 N–H and O–H groups in total. The van der Waals surface area contributed by atoms with Crippen LogP contribution in [0.2, 0.25) is 0 Å². The van der Waals surface area contributed by atoms with Crippen LogP contribution in [-0.4, -0.2) is 51.6 Å². The van der Waals surface area contributed by atoms with Crippen molar-refractivity contribution in [1.29, 1.82) is 0 Å². The van der Waals surface area contributed by atoms with E-state index in [0.717, 1.165) is 88.5 Å². The van der Waals surface area contributed by atoms with Crippen LogP contribution in [0.1, 0.15) is 69.9 Å². The highest BCUT2D eigenvalue weighted by Gasteiger charge is 2.15. The van der Waals surface area contributed by atoms with E-state index in [2.05, 4.69) is 12.1 Å². The number of esters is 2. The van der Waals surface area contributed by atoms with E-state index in [0.29, 0.717) is 58.9 Å². The summed E-state index contributed by atoms with van der Waals surface area (Å²) in [4.78, 5) is 23.9. The van der Waals surface area contributed by atoms with E-state index < -0.39 is 0 Å². The number of hydrogen-bond donors (Lipinski definition) is 0. The first-order valence-corrected chi connectivity index (χ1v) is 18.4. The third-order valence-corrected chi connectivity index (χ3v) is 8.77. The molecule has 0 unspecified atom stereocenters. The van der Waals surface area contributed by atoms with Crippen LogP contribution in [0, 0.1) is 5.82 Å². The van der Waals surface area contributed by atoms with Crippen LogP contribution in [0.3, 0.4) is 0 Å². The molecular weight excluding hydrogens is 663 g/mol. The Balaban J connectivity index is 1.16. The first-order chi connectivity index (χ1) is 25.4. The number of halogens is 1. The van der Waals surface area contributed by atoms with Crippen molar-refractivity contribution < 1.29 is 42.4 Å². The van der Waals surface area contributed by atoms with Gasteiger partial charge in [-0.3, -0.25) is 9.59 Å². The van der Waals surface area contributed by atoms with E-state index in [1.165, 1.54) is 12.1 Å². The third kappa shape index (κ3) is 11.5. The second kappa shape index (κ2) is 20.1. The van der Waals surface area contributed by atoms with Crippen molar-refractivity contribution in [2.45, 2.75) is 71.6 Å². The molecule has 0 saturated heterocycles. The summed E-state index contributed by atoms with van der Waals surface area (Å²) in [5, 5.41) is 0. The molecule has 8 nitrogen and oxygen atoms in total. The van der Waals surface area contributed by atoms with Gasteiger partial charge in [0.05, 0.1) is 26.4 Å². The summed E-state index contributed by atoms with van der Waals surface area (Å²) >= 11 is 0. The van der Waals surface area contributed by atoms with Crippen molar-refractivity contribution in [2.75, 3.05) is 39.6 Å². The molecule has 0 amide bonds. The maximum absolute atomic E-state index is 13.7. The summed E-state index contributed by atoms with van der Waals surface area (Å²) in [7, 11) is 0. The maximum atomic E-state index is 13.7. The Morgan fingerprint density at radius 3 is 2.08 bits per heavy atom. The third-order valence-electron chi connectivity index (χ3n) is 8.77. The van der Waals surface area contributed by atoms with Gasteiger partial charge < -0.3 is 28.4 Å². The summed E-state index contributed by atoms with van der Waals surface area (Å²) in [6.07, 6.45) is 6.40. The van der Waals surface area contributed by atoms with Gasteiger partial charge in [-0.05, 0) is 128 Å². The lowest BCUT2D eigenvalue weighted by Gasteiger charge is -2.19.